The molecule has 1 heteroatoms. The molecule has 0 fully saturated rings. The molecule has 0 aliphatic rings. The molecular weight excluding hydrogens is 149 g/mol. The fourth-order valence-electron chi connectivity index (χ4n) is 0. The normalized spacial score (nSPS) is 6.00. The molecule has 5 heavy (non-hydrogen) atoms. The van der Waals surface area contributed by atoms with E-state index in [1.54, 1.807) is 0 Å². The number of rotatable bonds is 1. The van der Waals surface area contributed by atoms with Crippen LogP contribution in [0.5, 0.6) is 0 Å². The first-order valence-corrected chi connectivity index (χ1v) is 1.71. The van der Waals surface area contributed by atoms with Gasteiger partial charge in [0.2, 0.25) is 0 Å². The summed E-state index contributed by atoms with van der Waals surface area (Å²) in [4.78, 5) is 0. The monoisotopic (exact) mass is 159 g/mol. The average Bonchev–Trinajstić information content (AvgIpc) is 1.37. The van der Waals surface area contributed by atoms with E-state index in [2.05, 4.69) is 13.8 Å². The van der Waals surface area contributed by atoms with E-state index in [9.17, 15) is 0 Å². The zero-order valence-corrected chi connectivity index (χ0v) is 5.21. The predicted octanol–water partition coefficient (Wildman–Crippen LogP) is 1.62. The van der Waals surface area contributed by atoms with E-state index < -0.39 is 0 Å². The van der Waals surface area contributed by atoms with Crippen molar-refractivity contribution in [2.75, 3.05) is 0 Å². The van der Waals surface area contributed by atoms with E-state index in [0.717, 1.165) is 6.42 Å². The Labute approximate surface area is 46.7 Å². The second kappa shape index (κ2) is 8.82. The van der Waals surface area contributed by atoms with E-state index in [0.29, 0.717) is 0 Å². The Kier molecular flexibility index (Phi) is 16.2. The summed E-state index contributed by atoms with van der Waals surface area (Å²) in [5.41, 5.74) is 0. The van der Waals surface area contributed by atoms with Gasteiger partial charge in [-0.2, -0.15) is 6.42 Å². The van der Waals surface area contributed by atoms with E-state index >= 15 is 0 Å². The SMILES string of the molecule is [CH2-]CCC.[Ru+]. The van der Waals surface area contributed by atoms with E-state index in [-0.39, 0.29) is 19.5 Å². The first-order chi connectivity index (χ1) is 1.91. The van der Waals surface area contributed by atoms with Gasteiger partial charge in [-0.15, -0.1) is 0 Å². The molecule has 0 saturated heterocycles. The zero-order valence-electron chi connectivity index (χ0n) is 3.47. The molecule has 1 radical (unpaired) electrons. The van der Waals surface area contributed by atoms with Crippen LogP contribution in [-0.4, -0.2) is 0 Å². The summed E-state index contributed by atoms with van der Waals surface area (Å²) >= 11 is 0. The van der Waals surface area contributed by atoms with Crippen molar-refractivity contribution in [3.8, 4) is 0 Å². The Morgan fingerprint density at radius 1 is 1.60 bits per heavy atom. The molecule has 0 amide bonds. The van der Waals surface area contributed by atoms with Crippen molar-refractivity contribution < 1.29 is 19.5 Å². The molecule has 0 nitrogen and oxygen atoms in total. The maximum Gasteiger partial charge on any atom is 1.00 e. The average molecular weight is 158 g/mol. The Morgan fingerprint density at radius 3 is 1.80 bits per heavy atom. The van der Waals surface area contributed by atoms with Gasteiger partial charge >= 0.3 is 19.5 Å². The van der Waals surface area contributed by atoms with Crippen LogP contribution < -0.4 is 0 Å². The van der Waals surface area contributed by atoms with Crippen molar-refractivity contribution in [1.29, 1.82) is 0 Å². The van der Waals surface area contributed by atoms with Gasteiger partial charge < -0.3 is 6.92 Å². The third kappa shape index (κ3) is 12.1. The van der Waals surface area contributed by atoms with Gasteiger partial charge in [-0.05, 0) is 0 Å². The third-order valence-electron chi connectivity index (χ3n) is 0.354. The zero-order chi connectivity index (χ0) is 3.41. The molecule has 0 bridgehead atoms. The summed E-state index contributed by atoms with van der Waals surface area (Å²) in [6, 6.07) is 0. The summed E-state index contributed by atoms with van der Waals surface area (Å²) in [6.45, 7) is 5.72. The van der Waals surface area contributed by atoms with Gasteiger partial charge in [-0.25, -0.2) is 0 Å². The van der Waals surface area contributed by atoms with Crippen LogP contribution in [0.4, 0.5) is 0 Å². The van der Waals surface area contributed by atoms with Gasteiger partial charge in [0, 0.05) is 0 Å². The van der Waals surface area contributed by atoms with E-state index in [4.69, 9.17) is 0 Å². The Hall–Kier alpha value is 0.623. The van der Waals surface area contributed by atoms with Crippen molar-refractivity contribution in [3.05, 3.63) is 6.92 Å². The molecule has 0 rings (SSSR count). The van der Waals surface area contributed by atoms with Gasteiger partial charge in [0.15, 0.2) is 0 Å². The number of hydrogen-bond acceptors (Lipinski definition) is 0. The standard InChI is InChI=1S/C4H9.Ru/c1-3-4-2;/h1,3-4H2,2H3;/q-1;+1. The molecule has 0 saturated carbocycles. The predicted molar refractivity (Wildman–Crippen MR) is 20.3 cm³/mol. The molecule has 0 N–H and O–H groups in total. The summed E-state index contributed by atoms with van der Waals surface area (Å²) in [7, 11) is 0. The Bertz CT molecular complexity index is 5.61. The third-order valence-corrected chi connectivity index (χ3v) is 0.354. The fourth-order valence-corrected chi connectivity index (χ4v) is 0. The Morgan fingerprint density at radius 2 is 1.80 bits per heavy atom. The maximum absolute atomic E-state index is 3.60. The van der Waals surface area contributed by atoms with Gasteiger partial charge in [0.25, 0.3) is 0 Å². The van der Waals surface area contributed by atoms with Crippen LogP contribution in [0.2, 0.25) is 0 Å². The number of unbranched alkanes of at least 4 members (excludes halogenated alkanes) is 1. The summed E-state index contributed by atoms with van der Waals surface area (Å²) in [5.74, 6) is 0. The minimum absolute atomic E-state index is 0. The molecule has 33 valence electrons. The molecule has 0 aliphatic heterocycles. The van der Waals surface area contributed by atoms with Crippen molar-refractivity contribution in [2.45, 2.75) is 19.8 Å². The van der Waals surface area contributed by atoms with E-state index in [1.165, 1.54) is 6.42 Å². The van der Waals surface area contributed by atoms with Crippen LogP contribution in [-0.2, 0) is 19.5 Å². The Balaban J connectivity index is 0. The molecular formula is C4H9Ru. The van der Waals surface area contributed by atoms with Gasteiger partial charge in [-0.1, -0.05) is 13.3 Å². The van der Waals surface area contributed by atoms with Crippen LogP contribution >= 0.6 is 0 Å². The smallest absolute Gasteiger partial charge is 0.343 e. The maximum atomic E-state index is 3.60. The first kappa shape index (κ1) is 9.16. The molecule has 0 atom stereocenters. The van der Waals surface area contributed by atoms with Crippen molar-refractivity contribution >= 4 is 0 Å². The minimum atomic E-state index is 0. The van der Waals surface area contributed by atoms with Crippen molar-refractivity contribution in [2.24, 2.45) is 0 Å². The first-order valence-electron chi connectivity index (χ1n) is 1.71. The van der Waals surface area contributed by atoms with Crippen LogP contribution in [0.1, 0.15) is 19.8 Å². The second-order valence-corrected chi connectivity index (χ2v) is 0.854. The van der Waals surface area contributed by atoms with Gasteiger partial charge in [0.1, 0.15) is 0 Å². The second-order valence-electron chi connectivity index (χ2n) is 0.854. The van der Waals surface area contributed by atoms with Crippen LogP contribution in [0, 0.1) is 6.92 Å². The van der Waals surface area contributed by atoms with Gasteiger partial charge in [0.05, 0.1) is 0 Å². The summed E-state index contributed by atoms with van der Waals surface area (Å²) < 4.78 is 0. The fraction of sp³-hybridized carbons (Fsp3) is 0.750. The molecule has 0 heterocycles. The van der Waals surface area contributed by atoms with Crippen LogP contribution in [0.25, 0.3) is 0 Å². The van der Waals surface area contributed by atoms with E-state index in [1.807, 2.05) is 0 Å². The summed E-state index contributed by atoms with van der Waals surface area (Å²) in [6.07, 6.45) is 2.28. The van der Waals surface area contributed by atoms with Crippen LogP contribution in [0.15, 0.2) is 0 Å². The molecule has 0 aromatic carbocycles. The number of hydrogen-bond donors (Lipinski definition) is 0. The molecule has 0 unspecified atom stereocenters. The largest absolute Gasteiger partial charge is 1.00 e. The summed E-state index contributed by atoms with van der Waals surface area (Å²) in [5, 5.41) is 0. The quantitative estimate of drug-likeness (QED) is 0.402. The molecule has 0 aliphatic carbocycles. The van der Waals surface area contributed by atoms with Crippen molar-refractivity contribution in [3.63, 3.8) is 0 Å². The molecule has 0 aromatic heterocycles. The molecule has 0 spiro atoms. The topological polar surface area (TPSA) is 0 Å². The minimum Gasteiger partial charge on any atom is -0.343 e. The van der Waals surface area contributed by atoms with Crippen LogP contribution in [0.3, 0.4) is 0 Å². The van der Waals surface area contributed by atoms with Gasteiger partial charge in [-0.3, -0.25) is 0 Å². The van der Waals surface area contributed by atoms with Crippen molar-refractivity contribution in [1.82, 2.24) is 0 Å². The molecule has 0 aromatic rings.